The van der Waals surface area contributed by atoms with Crippen molar-refractivity contribution in [2.24, 2.45) is 5.92 Å². The molecule has 0 atom stereocenters. The SMILES string of the molecule is Cl.Nc1ccc(C(=O)NCC2CC2)cc1. The summed E-state index contributed by atoms with van der Waals surface area (Å²) in [5.41, 5.74) is 6.89. The van der Waals surface area contributed by atoms with E-state index < -0.39 is 0 Å². The van der Waals surface area contributed by atoms with E-state index in [9.17, 15) is 4.79 Å². The molecular formula is C11H15ClN2O. The molecule has 0 aliphatic heterocycles. The predicted octanol–water partition coefficient (Wildman–Crippen LogP) is 1.83. The van der Waals surface area contributed by atoms with E-state index in [1.807, 2.05) is 0 Å². The van der Waals surface area contributed by atoms with Gasteiger partial charge in [-0.25, -0.2) is 0 Å². The molecule has 1 aliphatic carbocycles. The van der Waals surface area contributed by atoms with Crippen LogP contribution in [0.4, 0.5) is 5.69 Å². The number of anilines is 1. The molecule has 1 aromatic carbocycles. The van der Waals surface area contributed by atoms with Gasteiger partial charge in [0.05, 0.1) is 0 Å². The molecule has 1 saturated carbocycles. The van der Waals surface area contributed by atoms with Gasteiger partial charge in [0.15, 0.2) is 0 Å². The molecule has 15 heavy (non-hydrogen) atoms. The molecule has 1 amide bonds. The van der Waals surface area contributed by atoms with Crippen LogP contribution >= 0.6 is 12.4 Å². The monoisotopic (exact) mass is 226 g/mol. The zero-order valence-electron chi connectivity index (χ0n) is 8.40. The Labute approximate surface area is 95.5 Å². The molecule has 2 rings (SSSR count). The summed E-state index contributed by atoms with van der Waals surface area (Å²) >= 11 is 0. The lowest BCUT2D eigenvalue weighted by Gasteiger charge is -2.03. The lowest BCUT2D eigenvalue weighted by Crippen LogP contribution is -2.25. The molecule has 3 nitrogen and oxygen atoms in total. The summed E-state index contributed by atoms with van der Waals surface area (Å²) in [5.74, 6) is 0.713. The summed E-state index contributed by atoms with van der Waals surface area (Å²) < 4.78 is 0. The molecule has 1 aromatic rings. The molecule has 0 unspecified atom stereocenters. The average Bonchev–Trinajstić information content (AvgIpc) is 2.99. The van der Waals surface area contributed by atoms with Crippen molar-refractivity contribution in [2.75, 3.05) is 12.3 Å². The number of carbonyl (C=O) groups excluding carboxylic acids is 1. The fraction of sp³-hybridized carbons (Fsp3) is 0.364. The second-order valence-corrected chi connectivity index (χ2v) is 3.78. The molecule has 1 aliphatic rings. The third-order valence-corrected chi connectivity index (χ3v) is 2.42. The normalized spacial score (nSPS) is 14.1. The minimum atomic E-state index is -0.00287. The number of carbonyl (C=O) groups is 1. The Morgan fingerprint density at radius 3 is 2.47 bits per heavy atom. The molecule has 0 radical (unpaired) electrons. The van der Waals surface area contributed by atoms with E-state index in [1.165, 1.54) is 12.8 Å². The fourth-order valence-electron chi connectivity index (χ4n) is 1.30. The minimum absolute atomic E-state index is 0. The first kappa shape index (κ1) is 11.9. The second kappa shape index (κ2) is 5.03. The first-order valence-electron chi connectivity index (χ1n) is 4.89. The Morgan fingerprint density at radius 1 is 1.33 bits per heavy atom. The maximum atomic E-state index is 11.5. The van der Waals surface area contributed by atoms with Gasteiger partial charge in [-0.3, -0.25) is 4.79 Å². The van der Waals surface area contributed by atoms with Gasteiger partial charge in [-0.1, -0.05) is 0 Å². The molecule has 3 N–H and O–H groups in total. The Hall–Kier alpha value is -1.22. The van der Waals surface area contributed by atoms with Crippen LogP contribution < -0.4 is 11.1 Å². The van der Waals surface area contributed by atoms with Crippen LogP contribution in [0.1, 0.15) is 23.2 Å². The van der Waals surface area contributed by atoms with E-state index in [2.05, 4.69) is 5.32 Å². The summed E-state index contributed by atoms with van der Waals surface area (Å²) in [6, 6.07) is 6.98. The van der Waals surface area contributed by atoms with Crippen molar-refractivity contribution in [3.05, 3.63) is 29.8 Å². The maximum absolute atomic E-state index is 11.5. The number of halogens is 1. The van der Waals surface area contributed by atoms with Gasteiger partial charge < -0.3 is 11.1 Å². The maximum Gasteiger partial charge on any atom is 0.251 e. The number of nitrogens with two attached hydrogens (primary N) is 1. The Balaban J connectivity index is 0.00000112. The largest absolute Gasteiger partial charge is 0.399 e. The van der Waals surface area contributed by atoms with Gasteiger partial charge in [-0.15, -0.1) is 12.4 Å². The van der Waals surface area contributed by atoms with Crippen LogP contribution in [0.15, 0.2) is 24.3 Å². The van der Waals surface area contributed by atoms with Crippen molar-refractivity contribution < 1.29 is 4.79 Å². The topological polar surface area (TPSA) is 55.1 Å². The van der Waals surface area contributed by atoms with Gasteiger partial charge in [0.25, 0.3) is 5.91 Å². The first-order valence-corrected chi connectivity index (χ1v) is 4.89. The van der Waals surface area contributed by atoms with E-state index in [0.717, 1.165) is 6.54 Å². The smallest absolute Gasteiger partial charge is 0.251 e. The zero-order chi connectivity index (χ0) is 9.97. The summed E-state index contributed by atoms with van der Waals surface area (Å²) in [4.78, 5) is 11.5. The van der Waals surface area contributed by atoms with E-state index in [-0.39, 0.29) is 18.3 Å². The highest BCUT2D eigenvalue weighted by Gasteiger charge is 2.21. The fourth-order valence-corrected chi connectivity index (χ4v) is 1.30. The van der Waals surface area contributed by atoms with E-state index in [0.29, 0.717) is 17.2 Å². The summed E-state index contributed by atoms with van der Waals surface area (Å²) in [6.07, 6.45) is 2.50. The Morgan fingerprint density at radius 2 is 1.93 bits per heavy atom. The molecule has 0 saturated heterocycles. The lowest BCUT2D eigenvalue weighted by atomic mass is 10.2. The second-order valence-electron chi connectivity index (χ2n) is 3.78. The molecule has 82 valence electrons. The van der Waals surface area contributed by atoms with Crippen molar-refractivity contribution in [3.8, 4) is 0 Å². The van der Waals surface area contributed by atoms with Crippen molar-refractivity contribution in [1.29, 1.82) is 0 Å². The molecule has 0 heterocycles. The molecule has 0 bridgehead atoms. The number of hydrogen-bond donors (Lipinski definition) is 2. The van der Waals surface area contributed by atoms with Gasteiger partial charge in [-0.05, 0) is 43.0 Å². The highest BCUT2D eigenvalue weighted by molar-refractivity contribution is 5.94. The van der Waals surface area contributed by atoms with Crippen LogP contribution in [0, 0.1) is 5.92 Å². The third kappa shape index (κ3) is 3.44. The average molecular weight is 227 g/mol. The van der Waals surface area contributed by atoms with Crippen LogP contribution in [-0.2, 0) is 0 Å². The van der Waals surface area contributed by atoms with Crippen molar-refractivity contribution >= 4 is 24.0 Å². The predicted molar refractivity (Wildman–Crippen MR) is 63.2 cm³/mol. The van der Waals surface area contributed by atoms with Crippen molar-refractivity contribution in [3.63, 3.8) is 0 Å². The molecule has 1 fully saturated rings. The van der Waals surface area contributed by atoms with Gasteiger partial charge in [0, 0.05) is 17.8 Å². The van der Waals surface area contributed by atoms with Crippen LogP contribution in [0.25, 0.3) is 0 Å². The number of amides is 1. The molecular weight excluding hydrogens is 212 g/mol. The van der Waals surface area contributed by atoms with Gasteiger partial charge in [-0.2, -0.15) is 0 Å². The number of nitrogen functional groups attached to an aromatic ring is 1. The molecule has 0 aromatic heterocycles. The van der Waals surface area contributed by atoms with E-state index >= 15 is 0 Å². The number of benzene rings is 1. The van der Waals surface area contributed by atoms with Crippen molar-refractivity contribution in [2.45, 2.75) is 12.8 Å². The van der Waals surface area contributed by atoms with Crippen LogP contribution in [0.2, 0.25) is 0 Å². The summed E-state index contributed by atoms with van der Waals surface area (Å²) in [7, 11) is 0. The van der Waals surface area contributed by atoms with Crippen molar-refractivity contribution in [1.82, 2.24) is 5.32 Å². The van der Waals surface area contributed by atoms with Gasteiger partial charge in [0.1, 0.15) is 0 Å². The zero-order valence-corrected chi connectivity index (χ0v) is 9.22. The number of hydrogen-bond acceptors (Lipinski definition) is 2. The number of rotatable bonds is 3. The Kier molecular flexibility index (Phi) is 3.97. The van der Waals surface area contributed by atoms with Crippen LogP contribution in [0.3, 0.4) is 0 Å². The third-order valence-electron chi connectivity index (χ3n) is 2.42. The number of nitrogens with one attached hydrogen (secondary N) is 1. The quantitative estimate of drug-likeness (QED) is 0.773. The minimum Gasteiger partial charge on any atom is -0.399 e. The van der Waals surface area contributed by atoms with Gasteiger partial charge >= 0.3 is 0 Å². The summed E-state index contributed by atoms with van der Waals surface area (Å²) in [5, 5.41) is 2.90. The van der Waals surface area contributed by atoms with Crippen LogP contribution in [-0.4, -0.2) is 12.5 Å². The van der Waals surface area contributed by atoms with Crippen LogP contribution in [0.5, 0.6) is 0 Å². The highest BCUT2D eigenvalue weighted by Crippen LogP contribution is 2.27. The highest BCUT2D eigenvalue weighted by atomic mass is 35.5. The molecule has 0 spiro atoms. The van der Waals surface area contributed by atoms with Gasteiger partial charge in [0.2, 0.25) is 0 Å². The first-order chi connectivity index (χ1) is 6.75. The molecule has 4 heteroatoms. The standard InChI is InChI=1S/C11H14N2O.ClH/c12-10-5-3-9(4-6-10)11(14)13-7-8-1-2-8;/h3-6,8H,1-2,7,12H2,(H,13,14);1H. The summed E-state index contributed by atoms with van der Waals surface area (Å²) in [6.45, 7) is 0.809. The van der Waals surface area contributed by atoms with E-state index in [4.69, 9.17) is 5.73 Å². The Bertz CT molecular complexity index is 333. The lowest BCUT2D eigenvalue weighted by molar-refractivity contribution is 0.0952. The van der Waals surface area contributed by atoms with E-state index in [1.54, 1.807) is 24.3 Å².